The molecule has 0 N–H and O–H groups in total. The molecule has 0 aliphatic rings. The molecule has 36 heavy (non-hydrogen) atoms. The smallest absolute Gasteiger partial charge is 0.354 e. The molecule has 2 atom stereocenters. The van der Waals surface area contributed by atoms with Gasteiger partial charge in [0.2, 0.25) is 5.91 Å². The van der Waals surface area contributed by atoms with E-state index < -0.39 is 17.9 Å². The van der Waals surface area contributed by atoms with Crippen molar-refractivity contribution < 1.29 is 23.5 Å². The Hall–Kier alpha value is -3.74. The van der Waals surface area contributed by atoms with Crippen LogP contribution in [0.2, 0.25) is 0 Å². The molecule has 190 valence electrons. The van der Waals surface area contributed by atoms with E-state index in [1.54, 1.807) is 49.4 Å². The van der Waals surface area contributed by atoms with Crippen LogP contribution in [0.1, 0.15) is 69.4 Å². The van der Waals surface area contributed by atoms with Gasteiger partial charge in [-0.3, -0.25) is 9.59 Å². The lowest BCUT2D eigenvalue weighted by molar-refractivity contribution is -0.134. The van der Waals surface area contributed by atoms with Crippen molar-refractivity contribution in [2.45, 2.75) is 52.6 Å². The molecule has 1 aromatic heterocycles. The number of halogens is 1. The number of esters is 1. The molecule has 0 aliphatic heterocycles. The van der Waals surface area contributed by atoms with Crippen LogP contribution < -0.4 is 0 Å². The number of amides is 1. The van der Waals surface area contributed by atoms with Gasteiger partial charge < -0.3 is 14.2 Å². The molecule has 2 aromatic carbocycles. The fourth-order valence-corrected chi connectivity index (χ4v) is 4.71. The predicted molar refractivity (Wildman–Crippen MR) is 136 cm³/mol. The lowest BCUT2D eigenvalue weighted by Gasteiger charge is -2.32. The van der Waals surface area contributed by atoms with Crippen molar-refractivity contribution in [3.63, 3.8) is 0 Å². The van der Waals surface area contributed by atoms with Gasteiger partial charge in [0, 0.05) is 24.8 Å². The van der Waals surface area contributed by atoms with Gasteiger partial charge in [-0.15, -0.1) is 0 Å². The molecule has 0 saturated carbocycles. The molecule has 0 bridgehead atoms. The largest absolute Gasteiger partial charge is 0.464 e. The highest BCUT2D eigenvalue weighted by Gasteiger charge is 2.35. The quantitative estimate of drug-likeness (QED) is 0.298. The molecule has 7 heteroatoms. The molecule has 2 unspecified atom stereocenters. The Bertz CT molecular complexity index is 1250. The molecule has 0 aliphatic carbocycles. The van der Waals surface area contributed by atoms with Crippen LogP contribution >= 0.6 is 0 Å². The molecular formula is C29H33FN2O4. The topological polar surface area (TPSA) is 68.6 Å². The average molecular weight is 493 g/mol. The Balaban J connectivity index is 2.05. The van der Waals surface area contributed by atoms with Gasteiger partial charge in [-0.1, -0.05) is 49.4 Å². The number of ketones is 1. The zero-order chi connectivity index (χ0) is 26.6. The molecule has 6 nitrogen and oxygen atoms in total. The number of benzene rings is 2. The average Bonchev–Trinajstić information content (AvgIpc) is 3.10. The Morgan fingerprint density at radius 2 is 1.64 bits per heavy atom. The van der Waals surface area contributed by atoms with Crippen molar-refractivity contribution in [3.05, 3.63) is 94.1 Å². The minimum Gasteiger partial charge on any atom is -0.464 e. The summed E-state index contributed by atoms with van der Waals surface area (Å²) in [7, 11) is 3.01. The maximum absolute atomic E-state index is 13.9. The van der Waals surface area contributed by atoms with Crippen molar-refractivity contribution in [1.82, 2.24) is 9.47 Å². The van der Waals surface area contributed by atoms with Gasteiger partial charge in [-0.25, -0.2) is 9.18 Å². The van der Waals surface area contributed by atoms with Crippen LogP contribution in [0.25, 0.3) is 0 Å². The lowest BCUT2D eigenvalue weighted by Crippen LogP contribution is -2.45. The van der Waals surface area contributed by atoms with E-state index in [1.807, 2.05) is 37.3 Å². The van der Waals surface area contributed by atoms with Crippen LogP contribution in [-0.4, -0.2) is 40.3 Å². The van der Waals surface area contributed by atoms with Crippen LogP contribution in [0.3, 0.4) is 0 Å². The summed E-state index contributed by atoms with van der Waals surface area (Å²) < 4.78 is 20.1. The number of rotatable bonds is 9. The number of hydrogen-bond donors (Lipinski definition) is 0. The number of carbonyl (C=O) groups excluding carboxylic acids is 3. The van der Waals surface area contributed by atoms with Gasteiger partial charge in [0.15, 0.2) is 5.78 Å². The SMILES string of the molecule is CCC(C(=O)N(Cc1ccc(F)cc1)C(C)C(=O)c1c(C)c(C(=O)OC)n(C)c1C)c1ccccc1. The molecule has 0 saturated heterocycles. The standard InChI is InChI=1S/C29H33FN2O4/c1-7-24(22-11-9-8-10-12-22)28(34)32(17-21-13-15-23(30)16-14-21)20(4)27(33)25-18(2)26(29(35)36-6)31(5)19(25)3/h8-16,20,24H,7,17H2,1-6H3. The number of carbonyl (C=O) groups is 3. The zero-order valence-corrected chi connectivity index (χ0v) is 21.7. The van der Waals surface area contributed by atoms with Crippen LogP contribution in [0.4, 0.5) is 4.39 Å². The van der Waals surface area contributed by atoms with E-state index in [2.05, 4.69) is 0 Å². The monoisotopic (exact) mass is 492 g/mol. The second kappa shape index (κ2) is 11.3. The molecule has 3 aromatic rings. The number of nitrogens with zero attached hydrogens (tertiary/aromatic N) is 2. The van der Waals surface area contributed by atoms with Crippen LogP contribution in [0.15, 0.2) is 54.6 Å². The first-order valence-corrected chi connectivity index (χ1v) is 12.0. The minimum atomic E-state index is -0.828. The number of Topliss-reactive ketones (excluding diaryl/α,β-unsaturated/α-hetero) is 1. The molecule has 3 rings (SSSR count). The highest BCUT2D eigenvalue weighted by molar-refractivity contribution is 6.06. The minimum absolute atomic E-state index is 0.143. The second-order valence-corrected chi connectivity index (χ2v) is 8.99. The van der Waals surface area contributed by atoms with Crippen LogP contribution in [0.5, 0.6) is 0 Å². The Kier molecular flexibility index (Phi) is 8.45. The summed E-state index contributed by atoms with van der Waals surface area (Å²) in [4.78, 5) is 41.7. The summed E-state index contributed by atoms with van der Waals surface area (Å²) in [5.74, 6) is -1.80. The first-order valence-electron chi connectivity index (χ1n) is 12.0. The van der Waals surface area contributed by atoms with Crippen LogP contribution in [-0.2, 0) is 23.1 Å². The summed E-state index contributed by atoms with van der Waals surface area (Å²) in [6, 6.07) is 14.6. The third-order valence-electron chi connectivity index (χ3n) is 6.86. The van der Waals surface area contributed by atoms with E-state index in [9.17, 15) is 18.8 Å². The van der Waals surface area contributed by atoms with E-state index in [4.69, 9.17) is 4.74 Å². The van der Waals surface area contributed by atoms with Crippen LogP contribution in [0, 0.1) is 19.7 Å². The summed E-state index contributed by atoms with van der Waals surface area (Å²) in [6.45, 7) is 7.26. The number of ether oxygens (including phenoxy) is 1. The first-order chi connectivity index (χ1) is 17.1. The highest BCUT2D eigenvalue weighted by atomic mass is 19.1. The second-order valence-electron chi connectivity index (χ2n) is 8.99. The van der Waals surface area contributed by atoms with E-state index >= 15 is 0 Å². The molecule has 0 fully saturated rings. The zero-order valence-electron chi connectivity index (χ0n) is 21.7. The van der Waals surface area contributed by atoms with E-state index in [0.29, 0.717) is 34.5 Å². The van der Waals surface area contributed by atoms with E-state index in [-0.39, 0.29) is 24.1 Å². The van der Waals surface area contributed by atoms with Gasteiger partial charge in [0.25, 0.3) is 0 Å². The van der Waals surface area contributed by atoms with Crippen molar-refractivity contribution in [3.8, 4) is 0 Å². The molecule has 0 radical (unpaired) electrons. The number of methoxy groups -OCH3 is 1. The normalized spacial score (nSPS) is 12.6. The predicted octanol–water partition coefficient (Wildman–Crippen LogP) is 5.36. The number of aromatic nitrogens is 1. The third kappa shape index (κ3) is 5.25. The summed E-state index contributed by atoms with van der Waals surface area (Å²) in [5, 5.41) is 0. The van der Waals surface area contributed by atoms with Gasteiger partial charge in [0.1, 0.15) is 11.5 Å². The highest BCUT2D eigenvalue weighted by Crippen LogP contribution is 2.28. The summed E-state index contributed by atoms with van der Waals surface area (Å²) in [6.07, 6.45) is 0.555. The van der Waals surface area contributed by atoms with Gasteiger partial charge in [-0.2, -0.15) is 0 Å². The first kappa shape index (κ1) is 26.9. The lowest BCUT2D eigenvalue weighted by atomic mass is 9.92. The Labute approximate surface area is 211 Å². The molecular weight excluding hydrogens is 459 g/mol. The Morgan fingerprint density at radius 1 is 1.03 bits per heavy atom. The third-order valence-corrected chi connectivity index (χ3v) is 6.86. The van der Waals surface area contributed by atoms with E-state index in [0.717, 1.165) is 5.56 Å². The van der Waals surface area contributed by atoms with Gasteiger partial charge in [-0.05, 0) is 56.0 Å². The molecule has 1 heterocycles. The molecule has 0 spiro atoms. The van der Waals surface area contributed by atoms with Crippen molar-refractivity contribution in [2.75, 3.05) is 7.11 Å². The van der Waals surface area contributed by atoms with E-state index in [1.165, 1.54) is 19.2 Å². The van der Waals surface area contributed by atoms with Crippen molar-refractivity contribution in [1.29, 1.82) is 0 Å². The summed E-state index contributed by atoms with van der Waals surface area (Å²) in [5.41, 5.74) is 3.42. The van der Waals surface area contributed by atoms with Crippen molar-refractivity contribution >= 4 is 17.7 Å². The molecule has 1 amide bonds. The Morgan fingerprint density at radius 3 is 2.19 bits per heavy atom. The summed E-state index contributed by atoms with van der Waals surface area (Å²) >= 11 is 0. The van der Waals surface area contributed by atoms with Gasteiger partial charge >= 0.3 is 5.97 Å². The number of hydrogen-bond acceptors (Lipinski definition) is 4. The van der Waals surface area contributed by atoms with Gasteiger partial charge in [0.05, 0.1) is 19.1 Å². The fourth-order valence-electron chi connectivity index (χ4n) is 4.71. The van der Waals surface area contributed by atoms with Crippen molar-refractivity contribution in [2.24, 2.45) is 7.05 Å². The fraction of sp³-hybridized carbons (Fsp3) is 0.345. The maximum atomic E-state index is 13.9. The maximum Gasteiger partial charge on any atom is 0.354 e.